The lowest BCUT2D eigenvalue weighted by molar-refractivity contribution is 0.0743. The molecule has 23 heavy (non-hydrogen) atoms. The third-order valence-electron chi connectivity index (χ3n) is 4.66. The van der Waals surface area contributed by atoms with Gasteiger partial charge in [-0.05, 0) is 32.5 Å². The van der Waals surface area contributed by atoms with Crippen LogP contribution in [-0.4, -0.2) is 64.0 Å². The molecule has 0 radical (unpaired) electrons. The fourth-order valence-corrected chi connectivity index (χ4v) is 3.15. The second kappa shape index (κ2) is 7.25. The Balaban J connectivity index is 1.63. The summed E-state index contributed by atoms with van der Waals surface area (Å²) in [7, 11) is 2.15. The minimum absolute atomic E-state index is 0.258. The standard InChI is InChI=1S/C18H26N4O/c1-15-3-5-17(6-4-15)22-13-16(11-19-22)12-21-9-8-20(2)18(14-21)7-10-23/h3-6,11,13,18,23H,7-10,12,14H2,1-2H3. The van der Waals surface area contributed by atoms with E-state index in [-0.39, 0.29) is 6.61 Å². The second-order valence-corrected chi connectivity index (χ2v) is 6.51. The maximum Gasteiger partial charge on any atom is 0.0645 e. The van der Waals surface area contributed by atoms with Crippen molar-refractivity contribution in [2.24, 2.45) is 0 Å². The molecular weight excluding hydrogens is 288 g/mol. The van der Waals surface area contributed by atoms with E-state index in [1.165, 1.54) is 11.1 Å². The number of nitrogens with zero attached hydrogens (tertiary/aromatic N) is 4. The van der Waals surface area contributed by atoms with E-state index in [2.05, 4.69) is 59.3 Å². The van der Waals surface area contributed by atoms with Crippen molar-refractivity contribution < 1.29 is 5.11 Å². The highest BCUT2D eigenvalue weighted by atomic mass is 16.3. The summed E-state index contributed by atoms with van der Waals surface area (Å²) in [5.41, 5.74) is 3.59. The monoisotopic (exact) mass is 314 g/mol. The van der Waals surface area contributed by atoms with Gasteiger partial charge in [0.1, 0.15) is 0 Å². The molecule has 0 aliphatic carbocycles. The van der Waals surface area contributed by atoms with Gasteiger partial charge in [0.05, 0.1) is 11.9 Å². The SMILES string of the molecule is Cc1ccc(-n2cc(CN3CCN(C)C(CCO)C3)cn2)cc1. The van der Waals surface area contributed by atoms with Crippen LogP contribution in [0.15, 0.2) is 36.7 Å². The minimum atomic E-state index is 0.258. The van der Waals surface area contributed by atoms with Crippen LogP contribution in [0, 0.1) is 6.92 Å². The quantitative estimate of drug-likeness (QED) is 0.912. The first-order chi connectivity index (χ1) is 11.2. The predicted molar refractivity (Wildman–Crippen MR) is 91.7 cm³/mol. The van der Waals surface area contributed by atoms with Gasteiger partial charge < -0.3 is 10.0 Å². The van der Waals surface area contributed by atoms with Crippen molar-refractivity contribution in [3.63, 3.8) is 0 Å². The van der Waals surface area contributed by atoms with Crippen LogP contribution in [0.25, 0.3) is 5.69 Å². The van der Waals surface area contributed by atoms with Crippen molar-refractivity contribution in [3.05, 3.63) is 47.8 Å². The number of likely N-dealkylation sites (N-methyl/N-ethyl adjacent to an activating group) is 1. The van der Waals surface area contributed by atoms with Crippen LogP contribution < -0.4 is 0 Å². The Hall–Kier alpha value is -1.69. The van der Waals surface area contributed by atoms with Crippen LogP contribution in [-0.2, 0) is 6.54 Å². The lowest BCUT2D eigenvalue weighted by atomic mass is 10.1. The molecule has 0 saturated carbocycles. The number of aliphatic hydroxyl groups excluding tert-OH is 1. The third kappa shape index (κ3) is 3.99. The van der Waals surface area contributed by atoms with E-state index in [1.54, 1.807) is 0 Å². The van der Waals surface area contributed by atoms with Crippen LogP contribution in [0.3, 0.4) is 0 Å². The average Bonchev–Trinajstić information content (AvgIpc) is 3.00. The first-order valence-corrected chi connectivity index (χ1v) is 8.30. The molecule has 0 amide bonds. The maximum atomic E-state index is 9.20. The smallest absolute Gasteiger partial charge is 0.0645 e. The van der Waals surface area contributed by atoms with Crippen molar-refractivity contribution >= 4 is 0 Å². The van der Waals surface area contributed by atoms with E-state index in [1.807, 2.05) is 10.9 Å². The molecule has 2 heterocycles. The summed E-state index contributed by atoms with van der Waals surface area (Å²) < 4.78 is 1.94. The fourth-order valence-electron chi connectivity index (χ4n) is 3.15. The van der Waals surface area contributed by atoms with Gasteiger partial charge in [-0.2, -0.15) is 5.10 Å². The molecule has 1 aromatic heterocycles. The number of hydrogen-bond acceptors (Lipinski definition) is 4. The average molecular weight is 314 g/mol. The molecule has 1 fully saturated rings. The highest BCUT2D eigenvalue weighted by Gasteiger charge is 2.23. The molecule has 0 spiro atoms. The van der Waals surface area contributed by atoms with Gasteiger partial charge in [0.2, 0.25) is 0 Å². The third-order valence-corrected chi connectivity index (χ3v) is 4.66. The number of piperazine rings is 1. The van der Waals surface area contributed by atoms with Crippen molar-refractivity contribution in [2.45, 2.75) is 25.9 Å². The Kier molecular flexibility index (Phi) is 5.10. The van der Waals surface area contributed by atoms with Crippen molar-refractivity contribution in [1.29, 1.82) is 0 Å². The summed E-state index contributed by atoms with van der Waals surface area (Å²) in [6, 6.07) is 8.85. The van der Waals surface area contributed by atoms with E-state index in [4.69, 9.17) is 0 Å². The van der Waals surface area contributed by atoms with Gasteiger partial charge in [0.25, 0.3) is 0 Å². The molecular formula is C18H26N4O. The molecule has 1 N–H and O–H groups in total. The van der Waals surface area contributed by atoms with Crippen molar-refractivity contribution in [2.75, 3.05) is 33.3 Å². The van der Waals surface area contributed by atoms with Crippen molar-refractivity contribution in [3.8, 4) is 5.69 Å². The fraction of sp³-hybridized carbons (Fsp3) is 0.500. The molecule has 1 aliphatic rings. The number of hydrogen-bond donors (Lipinski definition) is 1. The molecule has 5 nitrogen and oxygen atoms in total. The van der Waals surface area contributed by atoms with Crippen LogP contribution in [0.2, 0.25) is 0 Å². The van der Waals surface area contributed by atoms with E-state index in [9.17, 15) is 5.11 Å². The zero-order valence-electron chi connectivity index (χ0n) is 14.0. The second-order valence-electron chi connectivity index (χ2n) is 6.51. The van der Waals surface area contributed by atoms with E-state index in [0.29, 0.717) is 6.04 Å². The normalized spacial score (nSPS) is 20.0. The Morgan fingerprint density at radius 2 is 2.00 bits per heavy atom. The number of rotatable bonds is 5. The van der Waals surface area contributed by atoms with E-state index < -0.39 is 0 Å². The van der Waals surface area contributed by atoms with Gasteiger partial charge in [-0.15, -0.1) is 0 Å². The molecule has 1 saturated heterocycles. The summed E-state index contributed by atoms with van der Waals surface area (Å²) in [4.78, 5) is 4.80. The Morgan fingerprint density at radius 3 is 2.74 bits per heavy atom. The topological polar surface area (TPSA) is 44.5 Å². The van der Waals surface area contributed by atoms with Crippen molar-refractivity contribution in [1.82, 2.24) is 19.6 Å². The van der Waals surface area contributed by atoms with Gasteiger partial charge in [-0.3, -0.25) is 4.90 Å². The van der Waals surface area contributed by atoms with E-state index >= 15 is 0 Å². The molecule has 1 atom stereocenters. The number of aryl methyl sites for hydroxylation is 1. The number of aromatic nitrogens is 2. The summed E-state index contributed by atoms with van der Waals surface area (Å²) in [5.74, 6) is 0. The van der Waals surface area contributed by atoms with Gasteiger partial charge in [0.15, 0.2) is 0 Å². The highest BCUT2D eigenvalue weighted by Crippen LogP contribution is 2.15. The summed E-state index contributed by atoms with van der Waals surface area (Å²) >= 11 is 0. The Bertz CT molecular complexity index is 622. The summed E-state index contributed by atoms with van der Waals surface area (Å²) in [6.45, 7) is 6.39. The van der Waals surface area contributed by atoms with Crippen LogP contribution in [0.1, 0.15) is 17.5 Å². The molecule has 3 rings (SSSR count). The molecule has 1 unspecified atom stereocenters. The molecule has 1 aliphatic heterocycles. The Labute approximate surface area is 138 Å². The summed E-state index contributed by atoms with van der Waals surface area (Å²) in [5, 5.41) is 13.7. The highest BCUT2D eigenvalue weighted by molar-refractivity contribution is 5.33. The largest absolute Gasteiger partial charge is 0.396 e. The van der Waals surface area contributed by atoms with Gasteiger partial charge in [-0.25, -0.2) is 4.68 Å². The molecule has 0 bridgehead atoms. The molecule has 124 valence electrons. The zero-order valence-corrected chi connectivity index (χ0v) is 14.0. The first kappa shape index (κ1) is 16.2. The zero-order chi connectivity index (χ0) is 16.2. The maximum absolute atomic E-state index is 9.20. The minimum Gasteiger partial charge on any atom is -0.396 e. The predicted octanol–water partition coefficient (Wildman–Crippen LogP) is 1.68. The van der Waals surface area contributed by atoms with Gasteiger partial charge in [0, 0.05) is 50.6 Å². The van der Waals surface area contributed by atoms with E-state index in [0.717, 1.165) is 38.3 Å². The number of benzene rings is 1. The van der Waals surface area contributed by atoms with Crippen LogP contribution in [0.4, 0.5) is 0 Å². The molecule has 2 aromatic rings. The Morgan fingerprint density at radius 1 is 1.22 bits per heavy atom. The van der Waals surface area contributed by atoms with Gasteiger partial charge >= 0.3 is 0 Å². The lowest BCUT2D eigenvalue weighted by Gasteiger charge is -2.39. The molecule has 5 heteroatoms. The molecule has 1 aromatic carbocycles. The first-order valence-electron chi connectivity index (χ1n) is 8.30. The summed E-state index contributed by atoms with van der Waals surface area (Å²) in [6.07, 6.45) is 4.92. The van der Waals surface area contributed by atoms with Crippen LogP contribution >= 0.6 is 0 Å². The van der Waals surface area contributed by atoms with Gasteiger partial charge in [-0.1, -0.05) is 17.7 Å². The lowest BCUT2D eigenvalue weighted by Crippen LogP contribution is -2.51. The van der Waals surface area contributed by atoms with Crippen LogP contribution in [0.5, 0.6) is 0 Å². The number of aliphatic hydroxyl groups is 1.